The van der Waals surface area contributed by atoms with Gasteiger partial charge < -0.3 is 4.74 Å². The lowest BCUT2D eigenvalue weighted by Crippen LogP contribution is -2.43. The topological polar surface area (TPSA) is 26.3 Å². The van der Waals surface area contributed by atoms with Gasteiger partial charge in [-0.1, -0.05) is 78.1 Å². The Morgan fingerprint density at radius 3 is 2.10 bits per heavy atom. The van der Waals surface area contributed by atoms with E-state index in [0.717, 1.165) is 55.3 Å². The Morgan fingerprint density at radius 2 is 1.33 bits per heavy atom. The van der Waals surface area contributed by atoms with Gasteiger partial charge in [0.05, 0.1) is 0 Å². The van der Waals surface area contributed by atoms with Gasteiger partial charge in [-0.25, -0.2) is 0 Å². The molecule has 3 saturated carbocycles. The largest absolute Gasteiger partial charge is 0.462 e. The minimum Gasteiger partial charge on any atom is -0.462 e. The van der Waals surface area contributed by atoms with Crippen molar-refractivity contribution in [2.75, 3.05) is 0 Å². The van der Waals surface area contributed by atoms with Crippen LogP contribution < -0.4 is 0 Å². The van der Waals surface area contributed by atoms with E-state index in [2.05, 4.69) is 13.8 Å². The highest BCUT2D eigenvalue weighted by Gasteiger charge is 2.44. The number of hydrogen-bond donors (Lipinski definition) is 0. The first kappa shape index (κ1) is 24.1. The maximum Gasteiger partial charge on any atom is 0.306 e. The van der Waals surface area contributed by atoms with Crippen LogP contribution in [0.3, 0.4) is 0 Å². The standard InChI is InChI=1S/C28H50O2/c1-3-5-7-8-9-11-12-22-14-18-26-23(20-22)15-16-24-21-25(17-19-27(24)26)30-28(29)13-10-6-4-2/h22-27H,3-21H2,1-2H3. The average molecular weight is 419 g/mol. The van der Waals surface area contributed by atoms with E-state index in [-0.39, 0.29) is 12.1 Å². The lowest BCUT2D eigenvalue weighted by Gasteiger charge is -2.50. The molecule has 0 aromatic heterocycles. The molecule has 0 saturated heterocycles. The Balaban J connectivity index is 1.35. The number of fused-ring (bicyclic) bond motifs is 3. The predicted octanol–water partition coefficient (Wildman–Crippen LogP) is 8.47. The lowest BCUT2D eigenvalue weighted by molar-refractivity contribution is -0.153. The number of carbonyl (C=O) groups is 1. The van der Waals surface area contributed by atoms with Crippen LogP contribution in [0.5, 0.6) is 0 Å². The summed E-state index contributed by atoms with van der Waals surface area (Å²) in [6.07, 6.45) is 25.3. The number of ether oxygens (including phenoxy) is 1. The van der Waals surface area contributed by atoms with Crippen molar-refractivity contribution >= 4 is 5.97 Å². The van der Waals surface area contributed by atoms with Crippen LogP contribution in [0.25, 0.3) is 0 Å². The van der Waals surface area contributed by atoms with E-state index in [1.165, 1.54) is 89.9 Å². The molecule has 174 valence electrons. The van der Waals surface area contributed by atoms with Crippen LogP contribution in [0.2, 0.25) is 0 Å². The summed E-state index contributed by atoms with van der Waals surface area (Å²) in [6, 6.07) is 0. The fourth-order valence-electron chi connectivity index (χ4n) is 7.20. The Bertz CT molecular complexity index is 487. The molecule has 2 nitrogen and oxygen atoms in total. The van der Waals surface area contributed by atoms with Crippen molar-refractivity contribution in [3.8, 4) is 0 Å². The van der Waals surface area contributed by atoms with Crippen molar-refractivity contribution < 1.29 is 9.53 Å². The van der Waals surface area contributed by atoms with Gasteiger partial charge in [-0.2, -0.15) is 0 Å². The zero-order chi connectivity index (χ0) is 21.2. The van der Waals surface area contributed by atoms with Crippen molar-refractivity contribution in [1.82, 2.24) is 0 Å². The maximum atomic E-state index is 12.1. The number of hydrogen-bond acceptors (Lipinski definition) is 2. The molecule has 0 aliphatic heterocycles. The second-order valence-corrected chi connectivity index (χ2v) is 11.0. The fourth-order valence-corrected chi connectivity index (χ4v) is 7.20. The van der Waals surface area contributed by atoms with Gasteiger partial charge in [0.25, 0.3) is 0 Å². The maximum absolute atomic E-state index is 12.1. The van der Waals surface area contributed by atoms with Gasteiger partial charge in [0.2, 0.25) is 0 Å². The molecule has 0 aromatic carbocycles. The van der Waals surface area contributed by atoms with Gasteiger partial charge in [0.1, 0.15) is 6.10 Å². The molecule has 0 heterocycles. The zero-order valence-electron chi connectivity index (χ0n) is 20.2. The number of esters is 1. The normalized spacial score (nSPS) is 33.5. The minimum absolute atomic E-state index is 0.0655. The molecular weight excluding hydrogens is 368 g/mol. The lowest BCUT2D eigenvalue weighted by atomic mass is 9.56. The first-order chi connectivity index (χ1) is 14.7. The number of unbranched alkanes of at least 4 members (excludes halogenated alkanes) is 7. The summed E-state index contributed by atoms with van der Waals surface area (Å²) in [4.78, 5) is 12.1. The van der Waals surface area contributed by atoms with Gasteiger partial charge >= 0.3 is 5.97 Å². The van der Waals surface area contributed by atoms with Crippen LogP contribution in [0.15, 0.2) is 0 Å². The van der Waals surface area contributed by atoms with Crippen LogP contribution in [-0.2, 0) is 9.53 Å². The first-order valence-electron chi connectivity index (χ1n) is 13.9. The van der Waals surface area contributed by atoms with Gasteiger partial charge in [-0.05, 0) is 81.0 Å². The summed E-state index contributed by atoms with van der Waals surface area (Å²) >= 11 is 0. The molecule has 6 atom stereocenters. The average Bonchev–Trinajstić information content (AvgIpc) is 2.76. The molecule has 2 heteroatoms. The SMILES string of the molecule is CCCCCCCCC1CCC2C(CCC3CC(OC(=O)CCCCC)CCC32)C1. The minimum atomic E-state index is 0.0655. The Morgan fingerprint density at radius 1 is 0.700 bits per heavy atom. The van der Waals surface area contributed by atoms with E-state index in [1.807, 2.05) is 0 Å². The molecule has 3 fully saturated rings. The van der Waals surface area contributed by atoms with Crippen LogP contribution in [0, 0.1) is 29.6 Å². The van der Waals surface area contributed by atoms with Crippen LogP contribution in [-0.4, -0.2) is 12.1 Å². The summed E-state index contributed by atoms with van der Waals surface area (Å²) in [5.41, 5.74) is 0. The van der Waals surface area contributed by atoms with E-state index in [1.54, 1.807) is 0 Å². The summed E-state index contributed by atoms with van der Waals surface area (Å²) in [5.74, 6) is 4.87. The fraction of sp³-hybridized carbons (Fsp3) is 0.964. The van der Waals surface area contributed by atoms with Crippen molar-refractivity contribution in [1.29, 1.82) is 0 Å². The van der Waals surface area contributed by atoms with E-state index in [9.17, 15) is 4.79 Å². The van der Waals surface area contributed by atoms with Gasteiger partial charge in [0.15, 0.2) is 0 Å². The van der Waals surface area contributed by atoms with E-state index < -0.39 is 0 Å². The third-order valence-corrected chi connectivity index (χ3v) is 8.85. The Hall–Kier alpha value is -0.530. The zero-order valence-corrected chi connectivity index (χ0v) is 20.2. The van der Waals surface area contributed by atoms with E-state index >= 15 is 0 Å². The molecule has 30 heavy (non-hydrogen) atoms. The van der Waals surface area contributed by atoms with E-state index in [0.29, 0.717) is 6.42 Å². The molecular formula is C28H50O2. The summed E-state index contributed by atoms with van der Waals surface area (Å²) in [5, 5.41) is 0. The second kappa shape index (κ2) is 13.1. The van der Waals surface area contributed by atoms with Crippen LogP contribution in [0.4, 0.5) is 0 Å². The summed E-state index contributed by atoms with van der Waals surface area (Å²) in [6.45, 7) is 4.49. The van der Waals surface area contributed by atoms with Gasteiger partial charge in [-0.3, -0.25) is 4.79 Å². The third-order valence-electron chi connectivity index (χ3n) is 8.85. The van der Waals surface area contributed by atoms with Crippen molar-refractivity contribution in [3.63, 3.8) is 0 Å². The molecule has 0 spiro atoms. The molecule has 3 rings (SSSR count). The monoisotopic (exact) mass is 418 g/mol. The molecule has 0 bridgehead atoms. The number of carbonyl (C=O) groups excluding carboxylic acids is 1. The van der Waals surface area contributed by atoms with Crippen LogP contribution >= 0.6 is 0 Å². The molecule has 3 aliphatic rings. The smallest absolute Gasteiger partial charge is 0.306 e. The highest BCUT2D eigenvalue weighted by atomic mass is 16.5. The van der Waals surface area contributed by atoms with Crippen molar-refractivity contribution in [2.24, 2.45) is 29.6 Å². The predicted molar refractivity (Wildman–Crippen MR) is 126 cm³/mol. The Kier molecular flexibility index (Phi) is 10.5. The molecule has 0 N–H and O–H groups in total. The molecule has 3 aliphatic carbocycles. The van der Waals surface area contributed by atoms with Crippen molar-refractivity contribution in [3.05, 3.63) is 0 Å². The molecule has 0 aromatic rings. The highest BCUT2D eigenvalue weighted by Crippen LogP contribution is 2.53. The summed E-state index contributed by atoms with van der Waals surface area (Å²) in [7, 11) is 0. The quantitative estimate of drug-likeness (QED) is 0.235. The van der Waals surface area contributed by atoms with Crippen molar-refractivity contribution in [2.45, 2.75) is 142 Å². The van der Waals surface area contributed by atoms with Crippen LogP contribution in [0.1, 0.15) is 136 Å². The second-order valence-electron chi connectivity index (χ2n) is 11.0. The summed E-state index contributed by atoms with van der Waals surface area (Å²) < 4.78 is 5.88. The molecule has 0 radical (unpaired) electrons. The molecule has 6 unspecified atom stereocenters. The van der Waals surface area contributed by atoms with Gasteiger partial charge in [0, 0.05) is 6.42 Å². The highest BCUT2D eigenvalue weighted by molar-refractivity contribution is 5.69. The van der Waals surface area contributed by atoms with Gasteiger partial charge in [-0.15, -0.1) is 0 Å². The van der Waals surface area contributed by atoms with E-state index in [4.69, 9.17) is 4.74 Å². The first-order valence-corrected chi connectivity index (χ1v) is 13.9. The Labute approximate surface area is 187 Å². The third kappa shape index (κ3) is 7.27. The number of rotatable bonds is 12. The molecule has 0 amide bonds.